The van der Waals surface area contributed by atoms with Gasteiger partial charge < -0.3 is 9.47 Å². The second-order valence-electron chi connectivity index (χ2n) is 5.88. The zero-order chi connectivity index (χ0) is 19.9. The van der Waals surface area contributed by atoms with E-state index < -0.39 is 5.92 Å². The molecular formula is C22H15Cl2NO3. The third-order valence-electron chi connectivity index (χ3n) is 3.91. The van der Waals surface area contributed by atoms with E-state index >= 15 is 0 Å². The van der Waals surface area contributed by atoms with Gasteiger partial charge in [-0.25, -0.2) is 0 Å². The molecule has 0 radical (unpaired) electrons. The van der Waals surface area contributed by atoms with Crippen LogP contribution in [0.25, 0.3) is 0 Å². The Bertz CT molecular complexity index is 999. The molecule has 4 nitrogen and oxygen atoms in total. The van der Waals surface area contributed by atoms with Crippen molar-refractivity contribution in [2.24, 2.45) is 0 Å². The van der Waals surface area contributed by atoms with Gasteiger partial charge in [0.25, 0.3) is 0 Å². The molecule has 0 N–H and O–H groups in total. The van der Waals surface area contributed by atoms with Crippen molar-refractivity contribution in [1.29, 1.82) is 5.26 Å². The Morgan fingerprint density at radius 2 is 1.64 bits per heavy atom. The minimum absolute atomic E-state index is 0.198. The van der Waals surface area contributed by atoms with Crippen LogP contribution in [0.1, 0.15) is 11.5 Å². The highest BCUT2D eigenvalue weighted by atomic mass is 35.5. The number of nitrogens with zero attached hydrogens (tertiary/aromatic N) is 1. The van der Waals surface area contributed by atoms with Crippen LogP contribution in [0.15, 0.2) is 72.8 Å². The van der Waals surface area contributed by atoms with Crippen LogP contribution in [-0.2, 0) is 4.79 Å². The Balaban J connectivity index is 1.60. The van der Waals surface area contributed by atoms with Crippen LogP contribution < -0.4 is 9.47 Å². The van der Waals surface area contributed by atoms with Gasteiger partial charge in [0.15, 0.2) is 5.78 Å². The number of nitriles is 1. The van der Waals surface area contributed by atoms with Crippen LogP contribution >= 0.6 is 23.2 Å². The lowest BCUT2D eigenvalue weighted by molar-refractivity contribution is -0.121. The highest BCUT2D eigenvalue weighted by Crippen LogP contribution is 2.32. The molecule has 1 atom stereocenters. The molecule has 140 valence electrons. The quantitative estimate of drug-likeness (QED) is 0.475. The van der Waals surface area contributed by atoms with Crippen LogP contribution in [-0.4, -0.2) is 12.4 Å². The number of Topliss-reactive ketones (excluding diaryl/α,β-unsaturated/α-hetero) is 1. The highest BCUT2D eigenvalue weighted by molar-refractivity contribution is 6.35. The molecule has 0 aliphatic carbocycles. The maximum Gasteiger partial charge on any atom is 0.191 e. The van der Waals surface area contributed by atoms with E-state index in [9.17, 15) is 10.1 Å². The molecule has 0 bridgehead atoms. The van der Waals surface area contributed by atoms with Crippen LogP contribution in [0.2, 0.25) is 10.0 Å². The smallest absolute Gasteiger partial charge is 0.191 e. The molecule has 0 aromatic heterocycles. The second-order valence-corrected chi connectivity index (χ2v) is 6.72. The van der Waals surface area contributed by atoms with Crippen molar-refractivity contribution in [2.75, 3.05) is 6.61 Å². The Morgan fingerprint density at radius 1 is 0.964 bits per heavy atom. The number of rotatable bonds is 7. The molecule has 28 heavy (non-hydrogen) atoms. The summed E-state index contributed by atoms with van der Waals surface area (Å²) in [6.07, 6.45) is 0. The maximum atomic E-state index is 12.3. The number of carbonyl (C=O) groups is 1. The van der Waals surface area contributed by atoms with Gasteiger partial charge in [-0.15, -0.1) is 0 Å². The predicted octanol–water partition coefficient (Wildman–Crippen LogP) is 6.04. The summed E-state index contributed by atoms with van der Waals surface area (Å²) in [5.74, 6) is 0.377. The van der Waals surface area contributed by atoms with Crippen LogP contribution in [0, 0.1) is 11.3 Å². The van der Waals surface area contributed by atoms with Gasteiger partial charge in [0.2, 0.25) is 0 Å². The fourth-order valence-corrected chi connectivity index (χ4v) is 2.95. The first-order valence-corrected chi connectivity index (χ1v) is 9.15. The molecule has 0 saturated heterocycles. The molecule has 0 fully saturated rings. The van der Waals surface area contributed by atoms with E-state index in [2.05, 4.69) is 0 Å². The first-order chi connectivity index (χ1) is 13.6. The van der Waals surface area contributed by atoms with Gasteiger partial charge in [-0.05, 0) is 48.0 Å². The van der Waals surface area contributed by atoms with E-state index in [1.165, 1.54) is 0 Å². The monoisotopic (exact) mass is 411 g/mol. The average molecular weight is 412 g/mol. The van der Waals surface area contributed by atoms with Crippen molar-refractivity contribution >= 4 is 29.0 Å². The lowest BCUT2D eigenvalue weighted by Gasteiger charge is -2.11. The first kappa shape index (κ1) is 19.8. The summed E-state index contributed by atoms with van der Waals surface area (Å²) >= 11 is 12.0. The molecule has 3 rings (SSSR count). The van der Waals surface area contributed by atoms with Gasteiger partial charge in [0.1, 0.15) is 29.8 Å². The van der Waals surface area contributed by atoms with Crippen molar-refractivity contribution in [3.05, 3.63) is 88.4 Å². The SMILES string of the molecule is N#CC(C(=O)COc1ccc(Oc2ccc(Cl)cc2Cl)cc1)c1ccccc1. The predicted molar refractivity (Wildman–Crippen MR) is 108 cm³/mol. The average Bonchev–Trinajstić information content (AvgIpc) is 2.71. The minimum Gasteiger partial charge on any atom is -0.486 e. The highest BCUT2D eigenvalue weighted by Gasteiger charge is 2.20. The van der Waals surface area contributed by atoms with E-state index in [1.807, 2.05) is 12.1 Å². The lowest BCUT2D eigenvalue weighted by atomic mass is 9.97. The van der Waals surface area contributed by atoms with E-state index in [-0.39, 0.29) is 12.4 Å². The fourth-order valence-electron chi connectivity index (χ4n) is 2.50. The standard InChI is InChI=1S/C22H15Cl2NO3/c23-16-6-11-22(20(24)12-16)28-18-9-7-17(8-10-18)27-14-21(26)19(13-25)15-4-2-1-3-5-15/h1-12,19H,14H2. The zero-order valence-electron chi connectivity index (χ0n) is 14.6. The number of ether oxygens (including phenoxy) is 2. The number of benzene rings is 3. The molecule has 0 aliphatic rings. The van der Waals surface area contributed by atoms with E-state index in [0.717, 1.165) is 0 Å². The van der Waals surface area contributed by atoms with Gasteiger partial charge in [-0.3, -0.25) is 4.79 Å². The summed E-state index contributed by atoms with van der Waals surface area (Å²) < 4.78 is 11.2. The van der Waals surface area contributed by atoms with Crippen molar-refractivity contribution < 1.29 is 14.3 Å². The summed E-state index contributed by atoms with van der Waals surface area (Å²) in [4.78, 5) is 12.3. The van der Waals surface area contributed by atoms with Crippen molar-refractivity contribution in [3.63, 3.8) is 0 Å². The summed E-state index contributed by atoms with van der Waals surface area (Å²) in [6, 6.07) is 22.7. The lowest BCUT2D eigenvalue weighted by Crippen LogP contribution is -2.19. The largest absolute Gasteiger partial charge is 0.486 e. The van der Waals surface area contributed by atoms with Crippen molar-refractivity contribution in [2.45, 2.75) is 5.92 Å². The number of hydrogen-bond donors (Lipinski definition) is 0. The Labute approximate surface area is 172 Å². The molecular weight excluding hydrogens is 397 g/mol. The topological polar surface area (TPSA) is 59.3 Å². The Hall–Kier alpha value is -3.00. The summed E-state index contributed by atoms with van der Waals surface area (Å²) in [5, 5.41) is 10.2. The van der Waals surface area contributed by atoms with Crippen LogP contribution in [0.3, 0.4) is 0 Å². The van der Waals surface area contributed by atoms with E-state index in [4.69, 9.17) is 32.7 Å². The van der Waals surface area contributed by atoms with Crippen LogP contribution in [0.5, 0.6) is 17.2 Å². The number of carbonyl (C=O) groups excluding carboxylic acids is 1. The molecule has 0 aliphatic heterocycles. The number of ketones is 1. The molecule has 1 unspecified atom stereocenters. The third kappa shape index (κ3) is 5.04. The molecule has 0 heterocycles. The van der Waals surface area contributed by atoms with Gasteiger partial charge in [0.05, 0.1) is 11.1 Å². The summed E-state index contributed by atoms with van der Waals surface area (Å²) in [6.45, 7) is -0.198. The van der Waals surface area contributed by atoms with Gasteiger partial charge in [-0.2, -0.15) is 5.26 Å². The van der Waals surface area contributed by atoms with E-state index in [1.54, 1.807) is 66.7 Å². The number of halogens is 2. The first-order valence-electron chi connectivity index (χ1n) is 8.40. The Morgan fingerprint density at radius 3 is 2.29 bits per heavy atom. The normalized spacial score (nSPS) is 11.3. The Kier molecular flexibility index (Phi) is 6.54. The zero-order valence-corrected chi connectivity index (χ0v) is 16.2. The summed E-state index contributed by atoms with van der Waals surface area (Å²) in [7, 11) is 0. The third-order valence-corrected chi connectivity index (χ3v) is 4.44. The van der Waals surface area contributed by atoms with Gasteiger partial charge in [-0.1, -0.05) is 53.5 Å². The number of hydrogen-bond acceptors (Lipinski definition) is 4. The van der Waals surface area contributed by atoms with Gasteiger partial charge in [0, 0.05) is 5.02 Å². The molecule has 3 aromatic rings. The second kappa shape index (κ2) is 9.27. The van der Waals surface area contributed by atoms with Crippen molar-refractivity contribution in [1.82, 2.24) is 0 Å². The van der Waals surface area contributed by atoms with Crippen molar-refractivity contribution in [3.8, 4) is 23.3 Å². The molecule has 3 aromatic carbocycles. The molecule has 0 saturated carbocycles. The fraction of sp³-hybridized carbons (Fsp3) is 0.0909. The molecule has 0 spiro atoms. The summed E-state index contributed by atoms with van der Waals surface area (Å²) in [5.41, 5.74) is 0.655. The minimum atomic E-state index is -0.851. The van der Waals surface area contributed by atoms with E-state index in [0.29, 0.717) is 32.9 Å². The molecule has 6 heteroatoms. The molecule has 0 amide bonds. The van der Waals surface area contributed by atoms with Crippen LogP contribution in [0.4, 0.5) is 0 Å². The van der Waals surface area contributed by atoms with Gasteiger partial charge >= 0.3 is 0 Å². The maximum absolute atomic E-state index is 12.3.